The van der Waals surface area contributed by atoms with Crippen LogP contribution in [-0.4, -0.2) is 23.1 Å². The third-order valence-corrected chi connectivity index (χ3v) is 4.94. The van der Waals surface area contributed by atoms with Crippen molar-refractivity contribution in [1.82, 2.24) is 9.97 Å². The van der Waals surface area contributed by atoms with Gasteiger partial charge in [0.05, 0.1) is 10.6 Å². The van der Waals surface area contributed by atoms with E-state index in [9.17, 15) is 0 Å². The molecular weight excluding hydrogens is 254 g/mol. The van der Waals surface area contributed by atoms with E-state index in [-0.39, 0.29) is 0 Å². The minimum Gasteiger partial charge on any atom is -0.341 e. The highest BCUT2D eigenvalue weighted by molar-refractivity contribution is 7.99. The van der Waals surface area contributed by atoms with E-state index >= 15 is 0 Å². The van der Waals surface area contributed by atoms with Gasteiger partial charge in [-0.05, 0) is 24.5 Å². The van der Waals surface area contributed by atoms with Gasteiger partial charge in [-0.2, -0.15) is 0 Å². The molecule has 0 saturated carbocycles. The maximum absolute atomic E-state index is 4.79. The fourth-order valence-corrected chi connectivity index (χ4v) is 3.72. The second-order valence-electron chi connectivity index (χ2n) is 5.06. The Balaban J connectivity index is 1.70. The van der Waals surface area contributed by atoms with Crippen molar-refractivity contribution in [3.05, 3.63) is 41.7 Å². The molecule has 3 nitrogen and oxygen atoms in total. The summed E-state index contributed by atoms with van der Waals surface area (Å²) in [6.45, 7) is 2.20. The van der Waals surface area contributed by atoms with E-state index in [1.54, 1.807) is 11.8 Å². The zero-order valence-corrected chi connectivity index (χ0v) is 11.5. The molecule has 96 valence electrons. The molecule has 0 unspecified atom stereocenters. The Kier molecular flexibility index (Phi) is 2.69. The topological polar surface area (TPSA) is 29.0 Å². The predicted octanol–water partition coefficient (Wildman–Crippen LogP) is 3.13. The van der Waals surface area contributed by atoms with Gasteiger partial charge in [0.25, 0.3) is 0 Å². The van der Waals surface area contributed by atoms with Crippen LogP contribution in [0, 0.1) is 0 Å². The van der Waals surface area contributed by atoms with Crippen molar-refractivity contribution in [2.75, 3.05) is 18.0 Å². The molecule has 4 rings (SSSR count). The molecule has 4 heteroatoms. The first-order chi connectivity index (χ1) is 9.40. The number of fused-ring (bicyclic) bond motifs is 2. The van der Waals surface area contributed by atoms with Crippen LogP contribution in [0.25, 0.3) is 0 Å². The standard InChI is InChI=1S/C15H15N3S/c1-2-6-13-11(5-1)9-12-14(19-13)10-16-15(17-12)18-7-3-4-8-18/h1-2,5-6,10H,3-4,7-9H2. The number of rotatable bonds is 1. The quantitative estimate of drug-likeness (QED) is 0.678. The van der Waals surface area contributed by atoms with Gasteiger partial charge in [-0.3, -0.25) is 0 Å². The van der Waals surface area contributed by atoms with Gasteiger partial charge >= 0.3 is 0 Å². The largest absolute Gasteiger partial charge is 0.341 e. The minimum atomic E-state index is 0.913. The summed E-state index contributed by atoms with van der Waals surface area (Å²) >= 11 is 1.79. The van der Waals surface area contributed by atoms with Crippen molar-refractivity contribution in [1.29, 1.82) is 0 Å². The van der Waals surface area contributed by atoms with Crippen LogP contribution in [-0.2, 0) is 6.42 Å². The van der Waals surface area contributed by atoms with Gasteiger partial charge in [-0.1, -0.05) is 30.0 Å². The van der Waals surface area contributed by atoms with Crippen LogP contribution in [0.2, 0.25) is 0 Å². The molecule has 0 atom stereocenters. The lowest BCUT2D eigenvalue weighted by Crippen LogP contribution is -2.21. The van der Waals surface area contributed by atoms with Crippen LogP contribution in [0.1, 0.15) is 24.1 Å². The molecular formula is C15H15N3S. The monoisotopic (exact) mass is 269 g/mol. The fourth-order valence-electron chi connectivity index (χ4n) is 2.73. The van der Waals surface area contributed by atoms with Gasteiger partial charge in [-0.25, -0.2) is 9.97 Å². The normalized spacial score (nSPS) is 17.2. The molecule has 1 saturated heterocycles. The third-order valence-electron chi connectivity index (χ3n) is 3.76. The van der Waals surface area contributed by atoms with Crippen LogP contribution in [0.3, 0.4) is 0 Å². The number of hydrogen-bond acceptors (Lipinski definition) is 4. The molecule has 0 radical (unpaired) electrons. The van der Waals surface area contributed by atoms with E-state index < -0.39 is 0 Å². The van der Waals surface area contributed by atoms with Gasteiger partial charge in [-0.15, -0.1) is 0 Å². The number of nitrogens with zero attached hydrogens (tertiary/aromatic N) is 3. The highest BCUT2D eigenvalue weighted by Crippen LogP contribution is 2.38. The Labute approximate surface area is 117 Å². The molecule has 19 heavy (non-hydrogen) atoms. The maximum Gasteiger partial charge on any atom is 0.225 e. The summed E-state index contributed by atoms with van der Waals surface area (Å²) in [5, 5.41) is 0. The molecule has 1 fully saturated rings. The van der Waals surface area contributed by atoms with Crippen LogP contribution >= 0.6 is 11.8 Å². The van der Waals surface area contributed by atoms with Gasteiger partial charge in [0, 0.05) is 30.6 Å². The van der Waals surface area contributed by atoms with E-state index in [0.717, 1.165) is 25.5 Å². The van der Waals surface area contributed by atoms with Crippen molar-refractivity contribution < 1.29 is 0 Å². The Hall–Kier alpha value is -1.55. The molecule has 1 aromatic heterocycles. The van der Waals surface area contributed by atoms with Crippen molar-refractivity contribution in [3.63, 3.8) is 0 Å². The van der Waals surface area contributed by atoms with E-state index in [0.29, 0.717) is 0 Å². The van der Waals surface area contributed by atoms with Crippen LogP contribution < -0.4 is 4.90 Å². The molecule has 0 amide bonds. The Morgan fingerprint density at radius 3 is 2.79 bits per heavy atom. The molecule has 1 aromatic carbocycles. The summed E-state index contributed by atoms with van der Waals surface area (Å²) in [6, 6.07) is 8.57. The third kappa shape index (κ3) is 2.00. The van der Waals surface area contributed by atoms with Crippen molar-refractivity contribution in [2.24, 2.45) is 0 Å². The number of anilines is 1. The number of aromatic nitrogens is 2. The van der Waals surface area contributed by atoms with Crippen molar-refractivity contribution >= 4 is 17.7 Å². The van der Waals surface area contributed by atoms with Gasteiger partial charge < -0.3 is 4.90 Å². The molecule has 2 aliphatic heterocycles. The van der Waals surface area contributed by atoms with Crippen LogP contribution in [0.15, 0.2) is 40.3 Å². The highest BCUT2D eigenvalue weighted by atomic mass is 32.2. The summed E-state index contributed by atoms with van der Waals surface area (Å²) in [5.41, 5.74) is 2.56. The van der Waals surface area contributed by atoms with Gasteiger partial charge in [0.15, 0.2) is 0 Å². The lowest BCUT2D eigenvalue weighted by atomic mass is 10.1. The summed E-state index contributed by atoms with van der Waals surface area (Å²) < 4.78 is 0. The number of benzene rings is 1. The first-order valence-corrected chi connectivity index (χ1v) is 7.58. The second kappa shape index (κ2) is 4.53. The Morgan fingerprint density at radius 1 is 1.05 bits per heavy atom. The zero-order chi connectivity index (χ0) is 12.7. The molecule has 0 spiro atoms. The first-order valence-electron chi connectivity index (χ1n) is 6.77. The smallest absolute Gasteiger partial charge is 0.225 e. The van der Waals surface area contributed by atoms with E-state index in [1.807, 2.05) is 6.20 Å². The van der Waals surface area contributed by atoms with Crippen molar-refractivity contribution in [3.8, 4) is 0 Å². The van der Waals surface area contributed by atoms with E-state index in [2.05, 4.69) is 34.1 Å². The SMILES string of the molecule is c1ccc2c(c1)Cc1nc(N3CCCC3)ncc1S2. The molecule has 3 heterocycles. The molecule has 2 aliphatic rings. The minimum absolute atomic E-state index is 0.913. The average molecular weight is 269 g/mol. The summed E-state index contributed by atoms with van der Waals surface area (Å²) in [7, 11) is 0. The van der Waals surface area contributed by atoms with Gasteiger partial charge in [0.1, 0.15) is 0 Å². The van der Waals surface area contributed by atoms with Gasteiger partial charge in [0.2, 0.25) is 5.95 Å². The summed E-state index contributed by atoms with van der Waals surface area (Å²) in [6.07, 6.45) is 5.45. The lowest BCUT2D eigenvalue weighted by Gasteiger charge is -2.21. The Morgan fingerprint density at radius 2 is 1.89 bits per heavy atom. The van der Waals surface area contributed by atoms with E-state index in [4.69, 9.17) is 4.98 Å². The fraction of sp³-hybridized carbons (Fsp3) is 0.333. The lowest BCUT2D eigenvalue weighted by molar-refractivity contribution is 0.851. The van der Waals surface area contributed by atoms with E-state index in [1.165, 1.54) is 33.9 Å². The number of hydrogen-bond donors (Lipinski definition) is 0. The van der Waals surface area contributed by atoms with Crippen LogP contribution in [0.4, 0.5) is 5.95 Å². The second-order valence-corrected chi connectivity index (χ2v) is 6.15. The molecule has 0 bridgehead atoms. The first kappa shape index (κ1) is 11.3. The summed E-state index contributed by atoms with van der Waals surface area (Å²) in [4.78, 5) is 14.2. The average Bonchev–Trinajstić information content (AvgIpc) is 2.98. The predicted molar refractivity (Wildman–Crippen MR) is 76.9 cm³/mol. The molecule has 2 aromatic rings. The molecule has 0 aliphatic carbocycles. The Bertz CT molecular complexity index is 621. The van der Waals surface area contributed by atoms with Crippen molar-refractivity contribution in [2.45, 2.75) is 29.1 Å². The van der Waals surface area contributed by atoms with Crippen LogP contribution in [0.5, 0.6) is 0 Å². The zero-order valence-electron chi connectivity index (χ0n) is 10.7. The highest BCUT2D eigenvalue weighted by Gasteiger charge is 2.20. The molecule has 0 N–H and O–H groups in total. The maximum atomic E-state index is 4.79. The summed E-state index contributed by atoms with van der Waals surface area (Å²) in [5.74, 6) is 0.913.